The van der Waals surface area contributed by atoms with E-state index in [1.165, 1.54) is 5.56 Å². The third kappa shape index (κ3) is 3.60. The van der Waals surface area contributed by atoms with Gasteiger partial charge in [0.15, 0.2) is 0 Å². The summed E-state index contributed by atoms with van der Waals surface area (Å²) in [5.41, 5.74) is 1.23. The molecule has 0 bridgehead atoms. The lowest BCUT2D eigenvalue weighted by Crippen LogP contribution is -2.30. The Morgan fingerprint density at radius 2 is 1.85 bits per heavy atom. The Hall–Kier alpha value is -0.820. The first kappa shape index (κ1) is 8.76. The van der Waals surface area contributed by atoms with Crippen LogP contribution in [0.3, 0.4) is 0 Å². The molecule has 0 saturated heterocycles. The van der Waals surface area contributed by atoms with Gasteiger partial charge in [0.1, 0.15) is 0 Å². The van der Waals surface area contributed by atoms with Crippen molar-refractivity contribution in [3.8, 4) is 0 Å². The molecule has 0 spiro atoms. The molecule has 1 atom stereocenters. The van der Waals surface area contributed by atoms with Crippen LogP contribution in [0, 0.1) is 5.92 Å². The highest BCUT2D eigenvalue weighted by molar-refractivity contribution is 5.14. The summed E-state index contributed by atoms with van der Waals surface area (Å²) >= 11 is 0. The standard InChI is InChI=1S/C12H19N/c1-10(2)11(3)13-9-12-7-5-4-6-8-12/h4-8,10-11,13H,9H2,1-3H3/i11D. The van der Waals surface area contributed by atoms with Gasteiger partial charge in [-0.3, -0.25) is 0 Å². The van der Waals surface area contributed by atoms with E-state index in [-0.39, 0.29) is 0 Å². The monoisotopic (exact) mass is 178 g/mol. The Labute approximate surface area is 82.6 Å². The molecule has 72 valence electrons. The lowest BCUT2D eigenvalue weighted by atomic mass is 10.1. The quantitative estimate of drug-likeness (QED) is 0.747. The predicted octanol–water partition coefficient (Wildman–Crippen LogP) is 2.82. The number of benzene rings is 1. The molecule has 0 fully saturated rings. The van der Waals surface area contributed by atoms with Crippen molar-refractivity contribution in [3.05, 3.63) is 35.9 Å². The van der Waals surface area contributed by atoms with E-state index in [0.717, 1.165) is 6.54 Å². The van der Waals surface area contributed by atoms with Crippen LogP contribution in [0.2, 0.25) is 0 Å². The first-order valence-corrected chi connectivity index (χ1v) is 4.81. The first-order chi connectivity index (χ1) is 6.52. The van der Waals surface area contributed by atoms with Crippen LogP contribution in [0.15, 0.2) is 30.3 Å². The van der Waals surface area contributed by atoms with Gasteiger partial charge in [-0.25, -0.2) is 0 Å². The zero-order valence-electron chi connectivity index (χ0n) is 9.67. The number of hydrogen-bond donors (Lipinski definition) is 1. The second-order valence-corrected chi connectivity index (χ2v) is 3.68. The summed E-state index contributed by atoms with van der Waals surface area (Å²) in [6.07, 6.45) is 0. The van der Waals surface area contributed by atoms with Crippen LogP contribution in [-0.4, -0.2) is 6.02 Å². The third-order valence-electron chi connectivity index (χ3n) is 2.28. The molecule has 0 heterocycles. The summed E-state index contributed by atoms with van der Waals surface area (Å²) in [6, 6.07) is 9.65. The molecule has 13 heavy (non-hydrogen) atoms. The van der Waals surface area contributed by atoms with Crippen LogP contribution >= 0.6 is 0 Å². The van der Waals surface area contributed by atoms with Crippen LogP contribution in [0.1, 0.15) is 27.7 Å². The van der Waals surface area contributed by atoms with Gasteiger partial charge in [0, 0.05) is 13.9 Å². The summed E-state index contributed by atoms with van der Waals surface area (Å²) in [4.78, 5) is 0. The van der Waals surface area contributed by atoms with Crippen LogP contribution < -0.4 is 5.32 Å². The minimum Gasteiger partial charge on any atom is -0.310 e. The second-order valence-electron chi connectivity index (χ2n) is 3.68. The van der Waals surface area contributed by atoms with Crippen LogP contribution in [-0.2, 0) is 6.54 Å². The zero-order chi connectivity index (χ0) is 10.6. The van der Waals surface area contributed by atoms with Crippen LogP contribution in [0.25, 0.3) is 0 Å². The first-order valence-electron chi connectivity index (χ1n) is 5.31. The topological polar surface area (TPSA) is 12.0 Å². The predicted molar refractivity (Wildman–Crippen MR) is 57.6 cm³/mol. The van der Waals surface area contributed by atoms with Crippen molar-refractivity contribution in [3.63, 3.8) is 0 Å². The van der Waals surface area contributed by atoms with E-state index in [1.807, 2.05) is 25.1 Å². The minimum absolute atomic E-state index is 0.311. The van der Waals surface area contributed by atoms with Crippen molar-refractivity contribution >= 4 is 0 Å². The maximum Gasteiger partial charge on any atom is 0.0465 e. The molecule has 0 aromatic heterocycles. The fourth-order valence-electron chi connectivity index (χ4n) is 1.04. The molecule has 1 unspecified atom stereocenters. The summed E-state index contributed by atoms with van der Waals surface area (Å²) in [7, 11) is 0. The van der Waals surface area contributed by atoms with E-state index < -0.39 is 6.02 Å². The normalized spacial score (nSPS) is 16.8. The summed E-state index contributed by atoms with van der Waals surface area (Å²) < 4.78 is 8.02. The highest BCUT2D eigenvalue weighted by atomic mass is 14.9. The molecule has 1 aromatic carbocycles. The SMILES string of the molecule is [2H]C(C)(NCc1ccccc1)C(C)C. The Bertz CT molecular complexity index is 267. The van der Waals surface area contributed by atoms with Crippen molar-refractivity contribution < 1.29 is 1.37 Å². The molecule has 1 heteroatoms. The molecule has 0 amide bonds. The Morgan fingerprint density at radius 3 is 2.38 bits per heavy atom. The molecule has 1 aromatic rings. The van der Waals surface area contributed by atoms with Gasteiger partial charge in [-0.05, 0) is 18.4 Å². The molecule has 0 saturated carbocycles. The maximum atomic E-state index is 8.02. The highest BCUT2D eigenvalue weighted by Gasteiger charge is 2.04. The van der Waals surface area contributed by atoms with Crippen molar-refractivity contribution in [2.24, 2.45) is 5.92 Å². The molecular formula is C12H19N. The van der Waals surface area contributed by atoms with Gasteiger partial charge in [-0.2, -0.15) is 0 Å². The molecule has 0 aliphatic heterocycles. The largest absolute Gasteiger partial charge is 0.310 e. The van der Waals surface area contributed by atoms with E-state index in [0.29, 0.717) is 5.92 Å². The smallest absolute Gasteiger partial charge is 0.0465 e. The molecule has 0 aliphatic carbocycles. The summed E-state index contributed by atoms with van der Waals surface area (Å²) in [5.74, 6) is 0.311. The number of nitrogens with one attached hydrogen (secondary N) is 1. The van der Waals surface area contributed by atoms with Crippen LogP contribution in [0.4, 0.5) is 0 Å². The molecule has 1 nitrogen and oxygen atoms in total. The molecule has 1 N–H and O–H groups in total. The van der Waals surface area contributed by atoms with E-state index >= 15 is 0 Å². The van der Waals surface area contributed by atoms with Gasteiger partial charge in [0.05, 0.1) is 0 Å². The van der Waals surface area contributed by atoms with Gasteiger partial charge in [-0.1, -0.05) is 44.2 Å². The lowest BCUT2D eigenvalue weighted by molar-refractivity contribution is 0.426. The second kappa shape index (κ2) is 5.03. The van der Waals surface area contributed by atoms with Crippen molar-refractivity contribution in [1.82, 2.24) is 5.32 Å². The Balaban J connectivity index is 2.49. The van der Waals surface area contributed by atoms with E-state index in [4.69, 9.17) is 1.37 Å². The molecule has 0 aliphatic rings. The highest BCUT2D eigenvalue weighted by Crippen LogP contribution is 2.03. The maximum absolute atomic E-state index is 8.02. The van der Waals surface area contributed by atoms with Crippen LogP contribution in [0.5, 0.6) is 0 Å². The van der Waals surface area contributed by atoms with E-state index in [1.54, 1.807) is 0 Å². The van der Waals surface area contributed by atoms with Crippen molar-refractivity contribution in [1.29, 1.82) is 0 Å². The van der Waals surface area contributed by atoms with Crippen molar-refractivity contribution in [2.75, 3.05) is 0 Å². The Morgan fingerprint density at radius 1 is 1.23 bits per heavy atom. The van der Waals surface area contributed by atoms with E-state index in [9.17, 15) is 0 Å². The third-order valence-corrected chi connectivity index (χ3v) is 2.28. The van der Waals surface area contributed by atoms with E-state index in [2.05, 4.69) is 31.3 Å². The van der Waals surface area contributed by atoms with Gasteiger partial charge >= 0.3 is 0 Å². The minimum atomic E-state index is -0.546. The molecule has 1 rings (SSSR count). The molecule has 0 radical (unpaired) electrons. The average molecular weight is 178 g/mol. The zero-order valence-corrected chi connectivity index (χ0v) is 8.67. The van der Waals surface area contributed by atoms with Crippen molar-refractivity contribution in [2.45, 2.75) is 33.3 Å². The summed E-state index contributed by atoms with van der Waals surface area (Å²) in [6.45, 7) is 6.80. The Kier molecular flexibility index (Phi) is 3.39. The molecular weight excluding hydrogens is 158 g/mol. The number of hydrogen-bond acceptors (Lipinski definition) is 1. The lowest BCUT2D eigenvalue weighted by Gasteiger charge is -2.17. The summed E-state index contributed by atoms with van der Waals surface area (Å²) in [5, 5.41) is 3.24. The fraction of sp³-hybridized carbons (Fsp3) is 0.500. The number of rotatable bonds is 4. The van der Waals surface area contributed by atoms with Gasteiger partial charge < -0.3 is 5.32 Å². The fourth-order valence-corrected chi connectivity index (χ4v) is 1.04. The van der Waals surface area contributed by atoms with Gasteiger partial charge in [-0.15, -0.1) is 0 Å². The van der Waals surface area contributed by atoms with Gasteiger partial charge in [0.2, 0.25) is 0 Å². The average Bonchev–Trinajstić information content (AvgIpc) is 2.16. The van der Waals surface area contributed by atoms with Gasteiger partial charge in [0.25, 0.3) is 0 Å².